The molecule has 2 aromatic carbocycles. The quantitative estimate of drug-likeness (QED) is 0.486. The summed E-state index contributed by atoms with van der Waals surface area (Å²) in [6.07, 6.45) is 3.12. The first-order valence-electron chi connectivity index (χ1n) is 10.7. The van der Waals surface area contributed by atoms with Gasteiger partial charge in [0.25, 0.3) is 5.91 Å². The maximum absolute atomic E-state index is 13.3. The van der Waals surface area contributed by atoms with Gasteiger partial charge in [0, 0.05) is 31.2 Å². The van der Waals surface area contributed by atoms with Gasteiger partial charge in [-0.25, -0.2) is 0 Å². The SMILES string of the molecule is CCOc1ccccc1NC(=O)c1c(NCc2ccc(N(C)C)cc2)sc2c1CCC2. The molecule has 4 rings (SSSR count). The normalized spacial score (nSPS) is 12.4. The monoisotopic (exact) mass is 435 g/mol. The van der Waals surface area contributed by atoms with Crippen molar-refractivity contribution < 1.29 is 9.53 Å². The van der Waals surface area contributed by atoms with Crippen molar-refractivity contribution in [1.29, 1.82) is 0 Å². The van der Waals surface area contributed by atoms with Crippen molar-refractivity contribution >= 4 is 33.6 Å². The molecular formula is C25H29N3O2S. The molecule has 0 unspecified atom stereocenters. The van der Waals surface area contributed by atoms with E-state index in [0.717, 1.165) is 29.8 Å². The van der Waals surface area contributed by atoms with Crippen LogP contribution in [0.4, 0.5) is 16.4 Å². The van der Waals surface area contributed by atoms with Crippen LogP contribution in [-0.2, 0) is 19.4 Å². The summed E-state index contributed by atoms with van der Waals surface area (Å²) in [6.45, 7) is 3.18. The van der Waals surface area contributed by atoms with Crippen LogP contribution in [0.25, 0.3) is 0 Å². The van der Waals surface area contributed by atoms with Crippen LogP contribution in [0, 0.1) is 0 Å². The molecular weight excluding hydrogens is 406 g/mol. The number of carbonyl (C=O) groups excluding carboxylic acids is 1. The summed E-state index contributed by atoms with van der Waals surface area (Å²) in [4.78, 5) is 16.8. The fourth-order valence-electron chi connectivity index (χ4n) is 3.90. The van der Waals surface area contributed by atoms with Crippen molar-refractivity contribution in [3.63, 3.8) is 0 Å². The topological polar surface area (TPSA) is 53.6 Å². The van der Waals surface area contributed by atoms with Crippen molar-refractivity contribution in [1.82, 2.24) is 0 Å². The van der Waals surface area contributed by atoms with Crippen molar-refractivity contribution in [2.45, 2.75) is 32.7 Å². The van der Waals surface area contributed by atoms with Crippen LogP contribution in [0.2, 0.25) is 0 Å². The Morgan fingerprint density at radius 3 is 2.61 bits per heavy atom. The summed E-state index contributed by atoms with van der Waals surface area (Å²) in [5.41, 5.74) is 5.05. The van der Waals surface area contributed by atoms with Gasteiger partial charge in [-0.2, -0.15) is 0 Å². The Kier molecular flexibility index (Phi) is 6.47. The van der Waals surface area contributed by atoms with Gasteiger partial charge in [-0.1, -0.05) is 24.3 Å². The van der Waals surface area contributed by atoms with E-state index in [1.807, 2.05) is 45.3 Å². The second-order valence-corrected chi connectivity index (χ2v) is 8.96. The van der Waals surface area contributed by atoms with Crippen LogP contribution >= 0.6 is 11.3 Å². The van der Waals surface area contributed by atoms with E-state index < -0.39 is 0 Å². The van der Waals surface area contributed by atoms with E-state index in [1.165, 1.54) is 21.7 Å². The number of nitrogens with one attached hydrogen (secondary N) is 2. The van der Waals surface area contributed by atoms with Gasteiger partial charge in [-0.3, -0.25) is 4.79 Å². The molecule has 1 aliphatic carbocycles. The molecule has 2 N–H and O–H groups in total. The molecule has 0 bridgehead atoms. The van der Waals surface area contributed by atoms with Gasteiger partial charge in [-0.05, 0) is 61.6 Å². The molecule has 5 nitrogen and oxygen atoms in total. The molecule has 31 heavy (non-hydrogen) atoms. The second kappa shape index (κ2) is 9.43. The maximum Gasteiger partial charge on any atom is 0.259 e. The smallest absolute Gasteiger partial charge is 0.259 e. The molecule has 0 aliphatic heterocycles. The highest BCUT2D eigenvalue weighted by molar-refractivity contribution is 7.16. The predicted octanol–water partition coefficient (Wildman–Crippen LogP) is 5.57. The zero-order valence-electron chi connectivity index (χ0n) is 18.3. The Balaban J connectivity index is 1.54. The molecule has 0 spiro atoms. The number of para-hydroxylation sites is 2. The lowest BCUT2D eigenvalue weighted by Crippen LogP contribution is -2.16. The molecule has 0 radical (unpaired) electrons. The van der Waals surface area contributed by atoms with Gasteiger partial charge in [0.1, 0.15) is 10.8 Å². The summed E-state index contributed by atoms with van der Waals surface area (Å²) >= 11 is 1.72. The summed E-state index contributed by atoms with van der Waals surface area (Å²) in [7, 11) is 4.07. The third kappa shape index (κ3) is 4.69. The summed E-state index contributed by atoms with van der Waals surface area (Å²) in [6, 6.07) is 16.1. The molecule has 1 amide bonds. The lowest BCUT2D eigenvalue weighted by Gasteiger charge is -2.14. The van der Waals surface area contributed by atoms with Crippen LogP contribution in [0.3, 0.4) is 0 Å². The highest BCUT2D eigenvalue weighted by Crippen LogP contribution is 2.40. The fraction of sp³-hybridized carbons (Fsp3) is 0.320. The van der Waals surface area contributed by atoms with Crippen LogP contribution < -0.4 is 20.3 Å². The van der Waals surface area contributed by atoms with Crippen LogP contribution in [0.15, 0.2) is 48.5 Å². The number of benzene rings is 2. The van der Waals surface area contributed by atoms with Crippen LogP contribution in [-0.4, -0.2) is 26.6 Å². The lowest BCUT2D eigenvalue weighted by atomic mass is 10.1. The summed E-state index contributed by atoms with van der Waals surface area (Å²) in [5.74, 6) is 0.623. The van der Waals surface area contributed by atoms with E-state index in [9.17, 15) is 4.79 Å². The van der Waals surface area contributed by atoms with Crippen molar-refractivity contribution in [2.75, 3.05) is 36.2 Å². The molecule has 0 saturated heterocycles. The molecule has 0 saturated carbocycles. The number of fused-ring (bicyclic) bond motifs is 1. The molecule has 3 aromatic rings. The molecule has 1 aromatic heterocycles. The van der Waals surface area contributed by atoms with E-state index in [2.05, 4.69) is 39.8 Å². The van der Waals surface area contributed by atoms with E-state index in [0.29, 0.717) is 24.6 Å². The molecule has 162 valence electrons. The number of aryl methyl sites for hydroxylation is 1. The van der Waals surface area contributed by atoms with Gasteiger partial charge in [-0.15, -0.1) is 11.3 Å². The fourth-order valence-corrected chi connectivity index (χ4v) is 5.18. The Hall–Kier alpha value is -2.99. The lowest BCUT2D eigenvalue weighted by molar-refractivity contribution is 0.102. The van der Waals surface area contributed by atoms with E-state index in [1.54, 1.807) is 11.3 Å². The van der Waals surface area contributed by atoms with Crippen LogP contribution in [0.1, 0.15) is 39.7 Å². The van der Waals surface area contributed by atoms with Gasteiger partial charge in [0.05, 0.1) is 17.9 Å². The number of thiophene rings is 1. The molecule has 1 aliphatic rings. The van der Waals surface area contributed by atoms with Gasteiger partial charge in [0.15, 0.2) is 0 Å². The van der Waals surface area contributed by atoms with E-state index in [-0.39, 0.29) is 5.91 Å². The summed E-state index contributed by atoms with van der Waals surface area (Å²) in [5, 5.41) is 7.56. The maximum atomic E-state index is 13.3. The highest BCUT2D eigenvalue weighted by Gasteiger charge is 2.27. The number of hydrogen-bond acceptors (Lipinski definition) is 5. The van der Waals surface area contributed by atoms with Crippen molar-refractivity contribution in [3.05, 3.63) is 70.1 Å². The Morgan fingerprint density at radius 2 is 1.87 bits per heavy atom. The first-order chi connectivity index (χ1) is 15.1. The van der Waals surface area contributed by atoms with Gasteiger partial charge >= 0.3 is 0 Å². The first-order valence-corrected chi connectivity index (χ1v) is 11.6. The second-order valence-electron chi connectivity index (χ2n) is 7.86. The number of amides is 1. The third-order valence-corrected chi connectivity index (χ3v) is 6.74. The average molecular weight is 436 g/mol. The van der Waals surface area contributed by atoms with Gasteiger partial charge in [0.2, 0.25) is 0 Å². The standard InChI is InChI=1S/C25H29N3O2S/c1-4-30-21-10-6-5-9-20(21)27-24(29)23-19-8-7-11-22(19)31-25(23)26-16-17-12-14-18(15-13-17)28(2)3/h5-6,9-10,12-15,26H,4,7-8,11,16H2,1-3H3,(H,27,29). The minimum atomic E-state index is -0.0722. The summed E-state index contributed by atoms with van der Waals surface area (Å²) < 4.78 is 5.68. The predicted molar refractivity (Wildman–Crippen MR) is 130 cm³/mol. The Morgan fingerprint density at radius 1 is 1.10 bits per heavy atom. The third-order valence-electron chi connectivity index (χ3n) is 5.49. The van der Waals surface area contributed by atoms with Gasteiger partial charge < -0.3 is 20.3 Å². The van der Waals surface area contributed by atoms with Crippen molar-refractivity contribution in [2.24, 2.45) is 0 Å². The zero-order valence-corrected chi connectivity index (χ0v) is 19.1. The molecule has 6 heteroatoms. The number of ether oxygens (including phenoxy) is 1. The van der Waals surface area contributed by atoms with E-state index >= 15 is 0 Å². The number of anilines is 3. The van der Waals surface area contributed by atoms with E-state index in [4.69, 9.17) is 4.74 Å². The Labute approximate surface area is 188 Å². The minimum Gasteiger partial charge on any atom is -0.492 e. The molecule has 1 heterocycles. The number of carbonyl (C=O) groups is 1. The zero-order chi connectivity index (χ0) is 21.8. The average Bonchev–Trinajstić information content (AvgIpc) is 3.35. The Bertz CT molecular complexity index is 1060. The number of hydrogen-bond donors (Lipinski definition) is 2. The number of nitrogens with zero attached hydrogens (tertiary/aromatic N) is 1. The first kappa shape index (κ1) is 21.2. The number of rotatable bonds is 8. The van der Waals surface area contributed by atoms with Crippen molar-refractivity contribution in [3.8, 4) is 5.75 Å². The minimum absolute atomic E-state index is 0.0722. The van der Waals surface area contributed by atoms with Crippen LogP contribution in [0.5, 0.6) is 5.75 Å². The highest BCUT2D eigenvalue weighted by atomic mass is 32.1. The largest absolute Gasteiger partial charge is 0.492 e. The molecule has 0 fully saturated rings. The molecule has 0 atom stereocenters.